The molecule has 12 heteroatoms. The average molecular weight is 567 g/mol. The number of methoxy groups -OCH3 is 2. The van der Waals surface area contributed by atoms with Crippen LogP contribution in [0.25, 0.3) is 44.3 Å². The molecule has 0 bridgehead atoms. The average Bonchev–Trinajstić information content (AvgIpc) is 3.49. The van der Waals surface area contributed by atoms with Crippen molar-refractivity contribution in [1.29, 1.82) is 0 Å². The molecule has 0 atom stereocenters. The van der Waals surface area contributed by atoms with Gasteiger partial charge in [-0.2, -0.15) is 10.2 Å². The minimum Gasteiger partial charge on any atom is -0.399 e. The quantitative estimate of drug-likeness (QED) is 0.159. The Morgan fingerprint density at radius 2 is 1.26 bits per heavy atom. The van der Waals surface area contributed by atoms with Crippen LogP contribution in [0.4, 0.5) is 11.4 Å². The first-order valence-electron chi connectivity index (χ1n) is 13.0. The molecule has 0 amide bonds. The molecule has 4 heterocycles. The minimum atomic E-state index is -0.404. The van der Waals surface area contributed by atoms with Crippen LogP contribution in [-0.4, -0.2) is 48.7 Å². The molecule has 42 heavy (non-hydrogen) atoms. The Labute approximate surface area is 241 Å². The number of rotatable bonds is 7. The highest BCUT2D eigenvalue weighted by molar-refractivity contribution is 5.95. The third-order valence-electron chi connectivity index (χ3n) is 6.68. The van der Waals surface area contributed by atoms with Crippen LogP contribution in [0.15, 0.2) is 73.1 Å². The molecule has 0 fully saturated rings. The van der Waals surface area contributed by atoms with E-state index in [1.165, 1.54) is 6.07 Å². The van der Waals surface area contributed by atoms with E-state index in [1.807, 2.05) is 61.2 Å². The predicted octanol–water partition coefficient (Wildman–Crippen LogP) is 5.05. The molecular weight excluding hydrogens is 536 g/mol. The van der Waals surface area contributed by atoms with Crippen molar-refractivity contribution in [2.75, 3.05) is 20.0 Å². The van der Waals surface area contributed by atoms with E-state index in [9.17, 15) is 10.1 Å². The first kappa shape index (κ1) is 28.3. The van der Waals surface area contributed by atoms with Crippen LogP contribution in [0.3, 0.4) is 0 Å². The number of aryl methyl sites for hydroxylation is 2. The third kappa shape index (κ3) is 5.80. The summed E-state index contributed by atoms with van der Waals surface area (Å²) in [7, 11) is 7.01. The highest BCUT2D eigenvalue weighted by Crippen LogP contribution is 2.31. The van der Waals surface area contributed by atoms with Gasteiger partial charge in [-0.1, -0.05) is 0 Å². The van der Waals surface area contributed by atoms with Crippen molar-refractivity contribution in [2.24, 2.45) is 14.1 Å². The zero-order chi connectivity index (χ0) is 29.8. The van der Waals surface area contributed by atoms with Crippen LogP contribution in [0.5, 0.6) is 0 Å². The summed E-state index contributed by atoms with van der Waals surface area (Å²) in [4.78, 5) is 19.1. The molecule has 0 saturated heterocycles. The molecule has 4 aromatic heterocycles. The van der Waals surface area contributed by atoms with Gasteiger partial charge in [0.1, 0.15) is 11.4 Å². The van der Waals surface area contributed by atoms with E-state index in [4.69, 9.17) is 15.2 Å². The maximum absolute atomic E-state index is 11.0. The summed E-state index contributed by atoms with van der Waals surface area (Å²) in [5.41, 5.74) is 13.7. The molecule has 6 aromatic rings. The van der Waals surface area contributed by atoms with Gasteiger partial charge >= 0.3 is 0 Å². The van der Waals surface area contributed by atoms with Crippen molar-refractivity contribution in [2.45, 2.75) is 13.2 Å². The molecule has 0 aliphatic heterocycles. The number of pyridine rings is 2. The number of anilines is 1. The number of fused-ring (bicyclic) bond motifs is 2. The largest absolute Gasteiger partial charge is 0.399 e. The first-order valence-corrected chi connectivity index (χ1v) is 13.0. The second-order valence-corrected chi connectivity index (χ2v) is 9.62. The highest BCUT2D eigenvalue weighted by Gasteiger charge is 2.16. The fraction of sp³-hybridized carbons (Fsp3) is 0.200. The van der Waals surface area contributed by atoms with E-state index >= 15 is 0 Å². The van der Waals surface area contributed by atoms with Crippen molar-refractivity contribution in [1.82, 2.24) is 29.5 Å². The van der Waals surface area contributed by atoms with Crippen LogP contribution in [0.1, 0.15) is 11.4 Å². The summed E-state index contributed by atoms with van der Waals surface area (Å²) in [5.74, 6) is 0. The van der Waals surface area contributed by atoms with Gasteiger partial charge in [0.05, 0.1) is 40.6 Å². The van der Waals surface area contributed by atoms with Crippen molar-refractivity contribution < 1.29 is 14.4 Å². The summed E-state index contributed by atoms with van der Waals surface area (Å²) in [5, 5.41) is 21.9. The zero-order valence-electron chi connectivity index (χ0n) is 23.7. The van der Waals surface area contributed by atoms with Crippen LogP contribution < -0.4 is 5.73 Å². The Balaban J connectivity index is 0.000000169. The maximum atomic E-state index is 11.0. The molecule has 0 radical (unpaired) electrons. The lowest BCUT2D eigenvalue weighted by Crippen LogP contribution is -1.93. The first-order chi connectivity index (χ1) is 20.3. The lowest BCUT2D eigenvalue weighted by Gasteiger charge is -2.02. The molecule has 6 rings (SSSR count). The predicted molar refractivity (Wildman–Crippen MR) is 160 cm³/mol. The van der Waals surface area contributed by atoms with Crippen LogP contribution in [-0.2, 0) is 36.8 Å². The van der Waals surface area contributed by atoms with Crippen LogP contribution >= 0.6 is 0 Å². The van der Waals surface area contributed by atoms with Gasteiger partial charge in [0.25, 0.3) is 5.69 Å². The second-order valence-electron chi connectivity index (χ2n) is 9.62. The number of hydrogen-bond donors (Lipinski definition) is 1. The molecule has 0 unspecified atom stereocenters. The number of ether oxygens (including phenoxy) is 2. The molecule has 0 saturated carbocycles. The van der Waals surface area contributed by atoms with E-state index in [2.05, 4.69) is 20.2 Å². The monoisotopic (exact) mass is 566 g/mol. The Morgan fingerprint density at radius 1 is 0.762 bits per heavy atom. The van der Waals surface area contributed by atoms with Gasteiger partial charge in [0.2, 0.25) is 0 Å². The number of non-ortho nitro benzene ring substituents is 1. The summed E-state index contributed by atoms with van der Waals surface area (Å²) < 4.78 is 13.8. The molecule has 214 valence electrons. The number of nitrogens with two attached hydrogens (primary N) is 1. The third-order valence-corrected chi connectivity index (χ3v) is 6.68. The Hall–Kier alpha value is -5.20. The topological polar surface area (TPSA) is 149 Å². The summed E-state index contributed by atoms with van der Waals surface area (Å²) >= 11 is 0. The van der Waals surface area contributed by atoms with Gasteiger partial charge in [-0.25, -0.2) is 0 Å². The molecule has 2 N–H and O–H groups in total. The number of nitro benzene ring substituents is 1. The van der Waals surface area contributed by atoms with Crippen molar-refractivity contribution in [3.8, 4) is 22.5 Å². The van der Waals surface area contributed by atoms with Crippen molar-refractivity contribution in [3.05, 3.63) is 94.6 Å². The Bertz CT molecular complexity index is 1900. The number of nitrogens with zero attached hydrogens (tertiary/aromatic N) is 7. The smallest absolute Gasteiger partial charge is 0.270 e. The van der Waals surface area contributed by atoms with E-state index in [-0.39, 0.29) is 5.69 Å². The van der Waals surface area contributed by atoms with Gasteiger partial charge in [-0.05, 0) is 48.5 Å². The van der Waals surface area contributed by atoms with Crippen molar-refractivity contribution in [3.63, 3.8) is 0 Å². The molecule has 0 aliphatic carbocycles. The number of nitrogen functional groups attached to an aromatic ring is 1. The fourth-order valence-corrected chi connectivity index (χ4v) is 4.78. The lowest BCUT2D eigenvalue weighted by molar-refractivity contribution is -0.384. The number of hydrogen-bond acceptors (Lipinski definition) is 9. The molecular formula is C30H30N8O4. The molecule has 12 nitrogen and oxygen atoms in total. The zero-order valence-corrected chi connectivity index (χ0v) is 23.7. The van der Waals surface area contributed by atoms with E-state index in [0.717, 1.165) is 55.7 Å². The van der Waals surface area contributed by atoms with Gasteiger partial charge in [0.15, 0.2) is 0 Å². The Kier molecular flexibility index (Phi) is 8.18. The number of nitro groups is 1. The van der Waals surface area contributed by atoms with Gasteiger partial charge < -0.3 is 15.2 Å². The summed E-state index contributed by atoms with van der Waals surface area (Å²) in [6.45, 7) is 0.888. The highest BCUT2D eigenvalue weighted by atomic mass is 16.6. The standard InChI is InChI=1S/C15H14N4O3.C15H16N4O/c1-18-14-4-3-12(19(20)21)8-13(14)15(17-18)10-5-6-16-11(7-10)9-22-2;1-19-14-4-3-11(16)8-13(14)15(18-19)10-5-6-17-12(7-10)9-20-2/h3-8H,9H2,1-2H3;3-8H,9,16H2,1-2H3. The lowest BCUT2D eigenvalue weighted by atomic mass is 10.1. The summed E-state index contributed by atoms with van der Waals surface area (Å²) in [6, 6.07) is 18.2. The van der Waals surface area contributed by atoms with E-state index in [1.54, 1.807) is 43.4 Å². The van der Waals surface area contributed by atoms with Crippen LogP contribution in [0, 0.1) is 10.1 Å². The summed E-state index contributed by atoms with van der Waals surface area (Å²) in [6.07, 6.45) is 3.46. The minimum absolute atomic E-state index is 0.0490. The number of benzene rings is 2. The number of aromatic nitrogens is 6. The van der Waals surface area contributed by atoms with Gasteiger partial charge in [-0.3, -0.25) is 29.4 Å². The molecule has 0 spiro atoms. The maximum Gasteiger partial charge on any atom is 0.270 e. The second kappa shape index (κ2) is 12.1. The van der Waals surface area contributed by atoms with E-state index < -0.39 is 4.92 Å². The van der Waals surface area contributed by atoms with Gasteiger partial charge in [-0.15, -0.1) is 0 Å². The van der Waals surface area contributed by atoms with Gasteiger partial charge in [0, 0.05) is 80.4 Å². The SMILES string of the molecule is COCc1cc(-c2nn(C)c3ccc(N)cc23)ccn1.COCc1cc(-c2nn(C)c3ccc([N+](=O)[O-])cc23)ccn1. The van der Waals surface area contributed by atoms with E-state index in [0.29, 0.717) is 18.9 Å². The normalized spacial score (nSPS) is 11.0. The van der Waals surface area contributed by atoms with Crippen LogP contribution in [0.2, 0.25) is 0 Å². The fourth-order valence-electron chi connectivity index (χ4n) is 4.78. The van der Waals surface area contributed by atoms with Crippen molar-refractivity contribution >= 4 is 33.2 Å². The molecule has 0 aliphatic rings. The Morgan fingerprint density at radius 3 is 1.76 bits per heavy atom. The molecule has 2 aromatic carbocycles.